The van der Waals surface area contributed by atoms with Gasteiger partial charge in [-0.1, -0.05) is 19.0 Å². The lowest BCUT2D eigenvalue weighted by molar-refractivity contribution is 0.390. The minimum absolute atomic E-state index is 0.731. The Hall–Kier alpha value is -1.36. The normalized spacial score (nSPS) is 10.8. The summed E-state index contributed by atoms with van der Waals surface area (Å²) in [6.45, 7) is 6.87. The van der Waals surface area contributed by atoms with Crippen LogP contribution in [0.3, 0.4) is 0 Å². The van der Waals surface area contributed by atoms with Crippen LogP contribution >= 0.6 is 11.3 Å². The van der Waals surface area contributed by atoms with Gasteiger partial charge in [0.05, 0.1) is 11.4 Å². The van der Waals surface area contributed by atoms with Crippen molar-refractivity contribution < 1.29 is 4.52 Å². The first kappa shape index (κ1) is 12.1. The lowest BCUT2D eigenvalue weighted by Crippen LogP contribution is -2.02. The van der Waals surface area contributed by atoms with Crippen molar-refractivity contribution in [3.8, 4) is 0 Å². The highest BCUT2D eigenvalue weighted by Crippen LogP contribution is 2.19. The van der Waals surface area contributed by atoms with Crippen molar-refractivity contribution in [3.63, 3.8) is 0 Å². The van der Waals surface area contributed by atoms with Gasteiger partial charge in [-0.15, -0.1) is 11.3 Å². The maximum absolute atomic E-state index is 5.19. The molecule has 0 saturated heterocycles. The van der Waals surface area contributed by atoms with Gasteiger partial charge in [0.25, 0.3) is 0 Å². The molecule has 17 heavy (non-hydrogen) atoms. The van der Waals surface area contributed by atoms with E-state index in [1.807, 2.05) is 6.92 Å². The summed E-state index contributed by atoms with van der Waals surface area (Å²) in [5, 5.41) is 10.4. The molecule has 0 unspecified atom stereocenters. The average molecular weight is 251 g/mol. The molecular weight excluding hydrogens is 234 g/mol. The summed E-state index contributed by atoms with van der Waals surface area (Å²) in [5.41, 5.74) is 3.32. The average Bonchev–Trinajstić information content (AvgIpc) is 2.93. The highest BCUT2D eigenvalue weighted by Gasteiger charge is 2.11. The smallest absolute Gasteiger partial charge is 0.183 e. The zero-order chi connectivity index (χ0) is 12.3. The molecule has 92 valence electrons. The fraction of sp³-hybridized carbons (Fsp3) is 0.500. The van der Waals surface area contributed by atoms with Crippen molar-refractivity contribution in [2.45, 2.75) is 40.2 Å². The fourth-order valence-electron chi connectivity index (χ4n) is 1.66. The molecule has 0 aliphatic rings. The van der Waals surface area contributed by atoms with E-state index in [-0.39, 0.29) is 0 Å². The van der Waals surface area contributed by atoms with E-state index in [0.717, 1.165) is 47.2 Å². The van der Waals surface area contributed by atoms with E-state index in [4.69, 9.17) is 4.52 Å². The maximum Gasteiger partial charge on any atom is 0.183 e. The van der Waals surface area contributed by atoms with Crippen LogP contribution < -0.4 is 5.32 Å². The lowest BCUT2D eigenvalue weighted by atomic mass is 10.1. The van der Waals surface area contributed by atoms with Crippen molar-refractivity contribution in [2.75, 3.05) is 5.32 Å². The van der Waals surface area contributed by atoms with Crippen LogP contribution in [0, 0.1) is 6.92 Å². The van der Waals surface area contributed by atoms with Gasteiger partial charge in [0.15, 0.2) is 5.13 Å². The van der Waals surface area contributed by atoms with Gasteiger partial charge in [-0.2, -0.15) is 0 Å². The number of thiazole rings is 1. The standard InChI is InChI=1S/C12H17N3OS/c1-4-9-7-17-12(14-9)13-6-10-8(3)16-15-11(10)5-2/h7H,4-6H2,1-3H3,(H,13,14). The van der Waals surface area contributed by atoms with Gasteiger partial charge in [0.1, 0.15) is 5.76 Å². The van der Waals surface area contributed by atoms with E-state index in [0.29, 0.717) is 0 Å². The van der Waals surface area contributed by atoms with Crippen molar-refractivity contribution >= 4 is 16.5 Å². The molecule has 2 heterocycles. The number of aryl methyl sites for hydroxylation is 3. The molecule has 0 aliphatic heterocycles. The number of nitrogens with zero attached hydrogens (tertiary/aromatic N) is 2. The molecule has 0 amide bonds. The van der Waals surface area contributed by atoms with E-state index in [1.165, 1.54) is 0 Å². The monoisotopic (exact) mass is 251 g/mol. The van der Waals surface area contributed by atoms with Crippen LogP contribution in [0.25, 0.3) is 0 Å². The number of nitrogens with one attached hydrogen (secondary N) is 1. The number of hydrogen-bond acceptors (Lipinski definition) is 5. The van der Waals surface area contributed by atoms with Crippen molar-refractivity contribution in [3.05, 3.63) is 28.1 Å². The maximum atomic E-state index is 5.19. The summed E-state index contributed by atoms with van der Waals surface area (Å²) < 4.78 is 5.19. The largest absolute Gasteiger partial charge is 0.361 e. The zero-order valence-corrected chi connectivity index (χ0v) is 11.2. The van der Waals surface area contributed by atoms with Crippen LogP contribution in [-0.2, 0) is 19.4 Å². The summed E-state index contributed by atoms with van der Waals surface area (Å²) in [4.78, 5) is 4.47. The Morgan fingerprint density at radius 1 is 1.35 bits per heavy atom. The molecule has 1 N–H and O–H groups in total. The molecule has 2 rings (SSSR count). The molecule has 0 fully saturated rings. The number of aromatic nitrogens is 2. The summed E-state index contributed by atoms with van der Waals surface area (Å²) in [5.74, 6) is 0.890. The predicted molar refractivity (Wildman–Crippen MR) is 69.4 cm³/mol. The third-order valence-corrected chi connectivity index (χ3v) is 3.58. The second-order valence-electron chi connectivity index (χ2n) is 3.87. The van der Waals surface area contributed by atoms with Crippen molar-refractivity contribution in [1.29, 1.82) is 0 Å². The Kier molecular flexibility index (Phi) is 3.78. The first-order valence-electron chi connectivity index (χ1n) is 5.86. The Balaban J connectivity index is 2.04. The number of anilines is 1. The molecule has 0 atom stereocenters. The van der Waals surface area contributed by atoms with E-state index in [2.05, 4.69) is 34.7 Å². The zero-order valence-electron chi connectivity index (χ0n) is 10.4. The Bertz CT molecular complexity index is 490. The number of rotatable bonds is 5. The molecule has 0 radical (unpaired) electrons. The van der Waals surface area contributed by atoms with Crippen LogP contribution in [0.5, 0.6) is 0 Å². The third-order valence-electron chi connectivity index (χ3n) is 2.73. The molecule has 4 nitrogen and oxygen atoms in total. The van der Waals surface area contributed by atoms with Gasteiger partial charge in [-0.25, -0.2) is 4.98 Å². The molecule has 5 heteroatoms. The predicted octanol–water partition coefficient (Wildman–Crippen LogP) is 3.18. The van der Waals surface area contributed by atoms with Crippen LogP contribution in [0.1, 0.15) is 36.6 Å². The minimum atomic E-state index is 0.731. The molecule has 0 aliphatic carbocycles. The van der Waals surface area contributed by atoms with Gasteiger partial charge in [-0.3, -0.25) is 0 Å². The summed E-state index contributed by atoms with van der Waals surface area (Å²) >= 11 is 1.64. The van der Waals surface area contributed by atoms with Crippen LogP contribution in [0.4, 0.5) is 5.13 Å². The molecule has 2 aromatic heterocycles. The quantitative estimate of drug-likeness (QED) is 0.886. The first-order chi connectivity index (χ1) is 8.24. The minimum Gasteiger partial charge on any atom is -0.361 e. The van der Waals surface area contributed by atoms with Crippen molar-refractivity contribution in [1.82, 2.24) is 10.1 Å². The molecule has 0 bridgehead atoms. The van der Waals surface area contributed by atoms with Crippen LogP contribution in [0.15, 0.2) is 9.90 Å². The van der Waals surface area contributed by atoms with E-state index < -0.39 is 0 Å². The molecule has 0 aromatic carbocycles. The number of hydrogen-bond donors (Lipinski definition) is 1. The van der Waals surface area contributed by atoms with Gasteiger partial charge >= 0.3 is 0 Å². The lowest BCUT2D eigenvalue weighted by Gasteiger charge is -2.02. The van der Waals surface area contributed by atoms with Gasteiger partial charge < -0.3 is 9.84 Å². The second kappa shape index (κ2) is 5.31. The van der Waals surface area contributed by atoms with E-state index in [1.54, 1.807) is 11.3 Å². The first-order valence-corrected chi connectivity index (χ1v) is 6.74. The van der Waals surface area contributed by atoms with E-state index >= 15 is 0 Å². The van der Waals surface area contributed by atoms with Gasteiger partial charge in [0, 0.05) is 17.5 Å². The van der Waals surface area contributed by atoms with Crippen LogP contribution in [0.2, 0.25) is 0 Å². The third kappa shape index (κ3) is 2.66. The second-order valence-corrected chi connectivity index (χ2v) is 4.73. The van der Waals surface area contributed by atoms with Gasteiger partial charge in [0.2, 0.25) is 0 Å². The Morgan fingerprint density at radius 3 is 2.82 bits per heavy atom. The van der Waals surface area contributed by atoms with E-state index in [9.17, 15) is 0 Å². The highest BCUT2D eigenvalue weighted by atomic mass is 32.1. The topological polar surface area (TPSA) is 51.0 Å². The Labute approximate surface area is 105 Å². The summed E-state index contributed by atoms with van der Waals surface area (Å²) in [6, 6.07) is 0. The molecule has 2 aromatic rings. The Morgan fingerprint density at radius 2 is 2.18 bits per heavy atom. The SMILES string of the molecule is CCc1csc(NCc2c(CC)noc2C)n1. The van der Waals surface area contributed by atoms with Gasteiger partial charge in [-0.05, 0) is 19.8 Å². The highest BCUT2D eigenvalue weighted by molar-refractivity contribution is 7.13. The van der Waals surface area contributed by atoms with Crippen molar-refractivity contribution in [2.24, 2.45) is 0 Å². The van der Waals surface area contributed by atoms with Crippen LogP contribution in [-0.4, -0.2) is 10.1 Å². The summed E-state index contributed by atoms with van der Waals surface area (Å²) in [6.07, 6.45) is 1.87. The fourth-order valence-corrected chi connectivity index (χ4v) is 2.45. The molecule has 0 saturated carbocycles. The molecule has 0 spiro atoms. The summed E-state index contributed by atoms with van der Waals surface area (Å²) in [7, 11) is 0. The molecular formula is C12H17N3OS.